The van der Waals surface area contributed by atoms with Crippen LogP contribution in [0.25, 0.3) is 0 Å². The zero-order chi connectivity index (χ0) is 17.4. The lowest BCUT2D eigenvalue weighted by atomic mass is 10.1. The van der Waals surface area contributed by atoms with Gasteiger partial charge in [0.1, 0.15) is 0 Å². The normalized spacial score (nSPS) is 8.86. The summed E-state index contributed by atoms with van der Waals surface area (Å²) in [6.45, 7) is 11.3. The highest BCUT2D eigenvalue weighted by Gasteiger charge is 1.94. The maximum absolute atomic E-state index is 9.60. The molecule has 0 rings (SSSR count). The molecule has 0 amide bonds. The molecule has 0 aliphatic carbocycles. The number of unbranched alkanes of at least 4 members (excludes halogenated alkanes) is 3. The SMILES string of the molecule is C=C(C)C(=O)O.C=C(C)C(=O)O.CCCCCCC(O)O. The van der Waals surface area contributed by atoms with Gasteiger partial charge in [0.25, 0.3) is 0 Å². The quantitative estimate of drug-likeness (QED) is 0.326. The first-order valence-electron chi connectivity index (χ1n) is 6.69. The van der Waals surface area contributed by atoms with Crippen LogP contribution in [0.3, 0.4) is 0 Å². The fourth-order valence-electron chi connectivity index (χ4n) is 0.754. The van der Waals surface area contributed by atoms with E-state index >= 15 is 0 Å². The van der Waals surface area contributed by atoms with Gasteiger partial charge in [-0.2, -0.15) is 0 Å². The molecule has 0 bridgehead atoms. The Hall–Kier alpha value is -1.66. The van der Waals surface area contributed by atoms with Crippen molar-refractivity contribution < 1.29 is 30.0 Å². The topological polar surface area (TPSA) is 115 Å². The van der Waals surface area contributed by atoms with Crippen LogP contribution in [0.1, 0.15) is 52.9 Å². The number of rotatable bonds is 7. The number of carbonyl (C=O) groups is 2. The molecule has 0 spiro atoms. The second-order valence-electron chi connectivity index (χ2n) is 4.50. The van der Waals surface area contributed by atoms with E-state index in [-0.39, 0.29) is 11.1 Å². The molecule has 0 aliphatic rings. The van der Waals surface area contributed by atoms with Gasteiger partial charge in [-0.3, -0.25) is 0 Å². The third kappa shape index (κ3) is 32.2. The molecular formula is C15H28O6. The van der Waals surface area contributed by atoms with Crippen LogP contribution in [0.4, 0.5) is 0 Å². The van der Waals surface area contributed by atoms with Gasteiger partial charge in [-0.1, -0.05) is 39.3 Å². The number of hydrogen-bond acceptors (Lipinski definition) is 4. The summed E-state index contributed by atoms with van der Waals surface area (Å²) in [7, 11) is 0. The molecule has 0 saturated carbocycles. The molecule has 0 aromatic rings. The summed E-state index contributed by atoms with van der Waals surface area (Å²) < 4.78 is 0. The lowest BCUT2D eigenvalue weighted by Crippen LogP contribution is -2.02. The minimum Gasteiger partial charge on any atom is -0.478 e. The maximum Gasteiger partial charge on any atom is 0.330 e. The van der Waals surface area contributed by atoms with Crippen molar-refractivity contribution in [1.29, 1.82) is 0 Å². The van der Waals surface area contributed by atoms with Crippen molar-refractivity contribution >= 4 is 11.9 Å². The Labute approximate surface area is 126 Å². The summed E-state index contributed by atoms with van der Waals surface area (Å²) in [6.07, 6.45) is 3.88. The predicted molar refractivity (Wildman–Crippen MR) is 81.9 cm³/mol. The molecule has 0 unspecified atom stereocenters. The van der Waals surface area contributed by atoms with Crippen molar-refractivity contribution in [1.82, 2.24) is 0 Å². The van der Waals surface area contributed by atoms with Gasteiger partial charge in [-0.15, -0.1) is 0 Å². The molecule has 0 aromatic carbocycles. The molecule has 21 heavy (non-hydrogen) atoms. The highest BCUT2D eigenvalue weighted by Crippen LogP contribution is 2.03. The van der Waals surface area contributed by atoms with Crippen LogP contribution in [0, 0.1) is 0 Å². The number of aliphatic carboxylic acids is 2. The Morgan fingerprint density at radius 1 is 0.905 bits per heavy atom. The molecule has 0 aromatic heterocycles. The number of hydrogen-bond donors (Lipinski definition) is 4. The fourth-order valence-corrected chi connectivity index (χ4v) is 0.754. The first-order chi connectivity index (χ1) is 9.56. The molecule has 0 radical (unpaired) electrons. The van der Waals surface area contributed by atoms with Gasteiger partial charge in [0.2, 0.25) is 0 Å². The van der Waals surface area contributed by atoms with Crippen molar-refractivity contribution in [3.8, 4) is 0 Å². The molecule has 6 nitrogen and oxygen atoms in total. The van der Waals surface area contributed by atoms with Gasteiger partial charge in [0, 0.05) is 11.1 Å². The van der Waals surface area contributed by atoms with E-state index in [2.05, 4.69) is 20.1 Å². The van der Waals surface area contributed by atoms with Crippen LogP contribution in [-0.4, -0.2) is 38.7 Å². The van der Waals surface area contributed by atoms with Crippen molar-refractivity contribution in [2.45, 2.75) is 59.2 Å². The molecule has 0 heterocycles. The van der Waals surface area contributed by atoms with Crippen molar-refractivity contribution in [2.75, 3.05) is 0 Å². The Morgan fingerprint density at radius 2 is 1.24 bits per heavy atom. The average Bonchev–Trinajstić information content (AvgIpc) is 2.35. The molecule has 0 atom stereocenters. The Balaban J connectivity index is -0.000000240. The molecule has 6 heteroatoms. The number of aliphatic hydroxyl groups is 2. The van der Waals surface area contributed by atoms with E-state index in [9.17, 15) is 9.59 Å². The van der Waals surface area contributed by atoms with Gasteiger partial charge in [-0.25, -0.2) is 9.59 Å². The van der Waals surface area contributed by atoms with Crippen molar-refractivity contribution in [3.05, 3.63) is 24.3 Å². The van der Waals surface area contributed by atoms with E-state index in [4.69, 9.17) is 20.4 Å². The van der Waals surface area contributed by atoms with Gasteiger partial charge >= 0.3 is 11.9 Å². The lowest BCUT2D eigenvalue weighted by molar-refractivity contribution is -0.133. The monoisotopic (exact) mass is 304 g/mol. The Bertz CT molecular complexity index is 272. The second-order valence-corrected chi connectivity index (χ2v) is 4.50. The highest BCUT2D eigenvalue weighted by molar-refractivity contribution is 5.85. The maximum atomic E-state index is 9.60. The van der Waals surface area contributed by atoms with Crippen LogP contribution in [-0.2, 0) is 9.59 Å². The van der Waals surface area contributed by atoms with Gasteiger partial charge < -0.3 is 20.4 Å². The van der Waals surface area contributed by atoms with Crippen LogP contribution < -0.4 is 0 Å². The molecule has 0 saturated heterocycles. The fraction of sp³-hybridized carbons (Fsp3) is 0.600. The van der Waals surface area contributed by atoms with E-state index in [0.29, 0.717) is 6.42 Å². The molecule has 0 fully saturated rings. The summed E-state index contributed by atoms with van der Waals surface area (Å²) in [4.78, 5) is 19.2. The van der Waals surface area contributed by atoms with Gasteiger partial charge in [-0.05, 0) is 26.7 Å². The van der Waals surface area contributed by atoms with E-state index in [1.54, 1.807) is 0 Å². The van der Waals surface area contributed by atoms with E-state index < -0.39 is 18.2 Å². The molecular weight excluding hydrogens is 276 g/mol. The zero-order valence-electron chi connectivity index (χ0n) is 13.1. The highest BCUT2D eigenvalue weighted by atomic mass is 16.5. The first kappa shape index (κ1) is 24.4. The van der Waals surface area contributed by atoms with Crippen LogP contribution in [0.5, 0.6) is 0 Å². The minimum atomic E-state index is -1.10. The van der Waals surface area contributed by atoms with Gasteiger partial charge in [0.15, 0.2) is 6.29 Å². The van der Waals surface area contributed by atoms with Gasteiger partial charge in [0.05, 0.1) is 0 Å². The van der Waals surface area contributed by atoms with E-state index in [1.807, 2.05) is 0 Å². The van der Waals surface area contributed by atoms with Crippen molar-refractivity contribution in [3.63, 3.8) is 0 Å². The van der Waals surface area contributed by atoms with Crippen LogP contribution in [0.2, 0.25) is 0 Å². The third-order valence-electron chi connectivity index (χ3n) is 2.05. The summed E-state index contributed by atoms with van der Waals surface area (Å²) >= 11 is 0. The van der Waals surface area contributed by atoms with Crippen LogP contribution in [0.15, 0.2) is 24.3 Å². The Morgan fingerprint density at radius 3 is 1.43 bits per heavy atom. The minimum absolute atomic E-state index is 0.176. The number of carboxylic acid groups (broad SMARTS) is 2. The van der Waals surface area contributed by atoms with Crippen molar-refractivity contribution in [2.24, 2.45) is 0 Å². The zero-order valence-corrected chi connectivity index (χ0v) is 13.1. The summed E-state index contributed by atoms with van der Waals surface area (Å²) in [5.74, 6) is -1.87. The third-order valence-corrected chi connectivity index (χ3v) is 2.05. The smallest absolute Gasteiger partial charge is 0.330 e. The summed E-state index contributed by atoms with van der Waals surface area (Å²) in [6, 6.07) is 0. The first-order valence-corrected chi connectivity index (χ1v) is 6.69. The number of carboxylic acids is 2. The van der Waals surface area contributed by atoms with E-state index in [1.165, 1.54) is 26.7 Å². The average molecular weight is 304 g/mol. The molecule has 124 valence electrons. The van der Waals surface area contributed by atoms with E-state index in [0.717, 1.165) is 12.8 Å². The predicted octanol–water partition coefficient (Wildman–Crippen LogP) is 2.56. The van der Waals surface area contributed by atoms with Crippen LogP contribution >= 0.6 is 0 Å². The standard InChI is InChI=1S/C7H16O2.2C4H6O2/c1-2-3-4-5-6-7(8)9;2*1-3(2)4(5)6/h7-9H,2-6H2,1H3;2*1H2,2H3,(H,5,6). The molecule has 4 N–H and O–H groups in total. The number of aliphatic hydroxyl groups excluding tert-OH is 1. The summed E-state index contributed by atoms with van der Waals surface area (Å²) in [5.41, 5.74) is 0.352. The molecule has 0 aliphatic heterocycles. The lowest BCUT2D eigenvalue weighted by Gasteiger charge is -2.00. The Kier molecular flexibility index (Phi) is 19.0. The second kappa shape index (κ2) is 16.4. The summed E-state index contributed by atoms with van der Waals surface area (Å²) in [5, 5.41) is 32.6. The largest absolute Gasteiger partial charge is 0.478 e.